The molecular weight excluding hydrogens is 492 g/mol. The molecule has 0 aromatic heterocycles. The summed E-state index contributed by atoms with van der Waals surface area (Å²) < 4.78 is 45.4. The number of hydrogen-bond donors (Lipinski definition) is 4. The molecule has 2 amide bonds. The van der Waals surface area contributed by atoms with E-state index in [2.05, 4.69) is 15.4 Å². The summed E-state index contributed by atoms with van der Waals surface area (Å²) in [6.45, 7) is 0.130. The zero-order valence-electron chi connectivity index (χ0n) is 20.4. The van der Waals surface area contributed by atoms with Gasteiger partial charge in [0, 0.05) is 24.4 Å². The molecule has 0 saturated carbocycles. The van der Waals surface area contributed by atoms with Crippen molar-refractivity contribution < 1.29 is 37.0 Å². The monoisotopic (exact) mass is 524 g/mol. The Morgan fingerprint density at radius 2 is 1.61 bits per heavy atom. The zero-order valence-corrected chi connectivity index (χ0v) is 21.2. The van der Waals surface area contributed by atoms with E-state index in [-0.39, 0.29) is 19.6 Å². The van der Waals surface area contributed by atoms with Gasteiger partial charge in [-0.25, -0.2) is 14.7 Å². The van der Waals surface area contributed by atoms with Crippen LogP contribution in [0.25, 0.3) is 0 Å². The molecule has 2 aromatic carbocycles. The number of ether oxygens (including phenoxy) is 4. The average molecular weight is 525 g/mol. The first-order valence-corrected chi connectivity index (χ1v) is 12.6. The third-order valence-corrected chi connectivity index (χ3v) is 5.58. The molecule has 0 saturated heterocycles. The Labute approximate surface area is 210 Å². The molecule has 13 heteroatoms. The highest BCUT2D eigenvalue weighted by Crippen LogP contribution is 2.39. The van der Waals surface area contributed by atoms with Gasteiger partial charge in [-0.1, -0.05) is 30.3 Å². The van der Waals surface area contributed by atoms with E-state index >= 15 is 0 Å². The van der Waals surface area contributed by atoms with Gasteiger partial charge >= 0.3 is 6.09 Å². The molecule has 36 heavy (non-hydrogen) atoms. The summed E-state index contributed by atoms with van der Waals surface area (Å²) in [5, 5.41) is 10.2. The van der Waals surface area contributed by atoms with Gasteiger partial charge in [0.05, 0.1) is 21.3 Å². The van der Waals surface area contributed by atoms with E-state index in [0.717, 1.165) is 5.56 Å². The van der Waals surface area contributed by atoms with Crippen LogP contribution in [0.4, 0.5) is 10.5 Å². The molecule has 0 fully saturated rings. The first kappa shape index (κ1) is 28.7. The van der Waals surface area contributed by atoms with Crippen molar-refractivity contribution in [3.8, 4) is 17.2 Å². The van der Waals surface area contributed by atoms with Crippen molar-refractivity contribution in [2.45, 2.75) is 31.9 Å². The molecule has 2 aromatic rings. The third-order valence-electron chi connectivity index (χ3n) is 4.98. The smallest absolute Gasteiger partial charge is 0.408 e. The molecule has 0 heterocycles. The van der Waals surface area contributed by atoms with Crippen molar-refractivity contribution in [1.82, 2.24) is 10.0 Å². The summed E-state index contributed by atoms with van der Waals surface area (Å²) in [6.07, 6.45) is 0.245. The average Bonchev–Trinajstić information content (AvgIpc) is 2.85. The zero-order chi connectivity index (χ0) is 26.6. The topological polar surface area (TPSA) is 167 Å². The van der Waals surface area contributed by atoms with Gasteiger partial charge in [0.1, 0.15) is 12.6 Å². The fourth-order valence-electron chi connectivity index (χ4n) is 3.25. The van der Waals surface area contributed by atoms with Crippen LogP contribution in [0.5, 0.6) is 17.2 Å². The lowest BCUT2D eigenvalue weighted by atomic mass is 10.1. The number of nitrogens with one attached hydrogen (secondary N) is 3. The first-order valence-electron chi connectivity index (χ1n) is 11.0. The van der Waals surface area contributed by atoms with Crippen molar-refractivity contribution in [3.05, 3.63) is 48.0 Å². The highest BCUT2D eigenvalue weighted by molar-refractivity contribution is 7.87. The van der Waals surface area contributed by atoms with Crippen LogP contribution in [0.1, 0.15) is 24.8 Å². The molecule has 1 atom stereocenters. The maximum absolute atomic E-state index is 13.1. The van der Waals surface area contributed by atoms with Gasteiger partial charge in [-0.3, -0.25) is 4.79 Å². The second-order valence-electron chi connectivity index (χ2n) is 7.60. The lowest BCUT2D eigenvalue weighted by Gasteiger charge is -2.20. The minimum absolute atomic E-state index is 0.0339. The second-order valence-corrected chi connectivity index (χ2v) is 8.98. The van der Waals surface area contributed by atoms with Crippen LogP contribution in [-0.2, 0) is 26.3 Å². The molecule has 0 aliphatic carbocycles. The van der Waals surface area contributed by atoms with E-state index in [1.54, 1.807) is 24.3 Å². The number of alkyl carbamates (subject to hydrolysis) is 1. The maximum atomic E-state index is 13.1. The Morgan fingerprint density at radius 3 is 2.17 bits per heavy atom. The van der Waals surface area contributed by atoms with Crippen molar-refractivity contribution in [2.75, 3.05) is 33.2 Å². The van der Waals surface area contributed by atoms with Gasteiger partial charge < -0.3 is 29.6 Å². The van der Waals surface area contributed by atoms with Gasteiger partial charge in [-0.2, -0.15) is 8.42 Å². The molecule has 0 spiro atoms. The summed E-state index contributed by atoms with van der Waals surface area (Å²) >= 11 is 0. The summed E-state index contributed by atoms with van der Waals surface area (Å²) in [5.41, 5.74) is 1.15. The maximum Gasteiger partial charge on any atom is 0.408 e. The van der Waals surface area contributed by atoms with Crippen LogP contribution in [-0.4, -0.2) is 54.3 Å². The lowest BCUT2D eigenvalue weighted by Crippen LogP contribution is -2.44. The van der Waals surface area contributed by atoms with Crippen molar-refractivity contribution in [1.29, 1.82) is 0 Å². The van der Waals surface area contributed by atoms with E-state index < -0.39 is 28.3 Å². The minimum Gasteiger partial charge on any atom is -0.493 e. The van der Waals surface area contributed by atoms with Gasteiger partial charge in [0.15, 0.2) is 11.5 Å². The SMILES string of the molecule is COc1cc(NC(=O)[C@H](CCCCNS(N)(=O)=O)NC(=O)OCc2ccccc2)cc(OC)c1OC. The molecule has 0 aliphatic rings. The minimum atomic E-state index is -3.81. The molecule has 0 aliphatic heterocycles. The van der Waals surface area contributed by atoms with Crippen LogP contribution in [0.15, 0.2) is 42.5 Å². The molecular formula is C23H32N4O8S. The van der Waals surface area contributed by atoms with E-state index in [1.165, 1.54) is 21.3 Å². The van der Waals surface area contributed by atoms with Crippen molar-refractivity contribution in [3.63, 3.8) is 0 Å². The Balaban J connectivity index is 2.09. The quantitative estimate of drug-likeness (QED) is 0.272. The summed E-state index contributed by atoms with van der Waals surface area (Å²) in [7, 11) is 0.556. The van der Waals surface area contributed by atoms with Crippen LogP contribution in [0.3, 0.4) is 0 Å². The van der Waals surface area contributed by atoms with Crippen LogP contribution in [0.2, 0.25) is 0 Å². The highest BCUT2D eigenvalue weighted by Gasteiger charge is 2.23. The lowest BCUT2D eigenvalue weighted by molar-refractivity contribution is -0.118. The Bertz CT molecular complexity index is 1090. The van der Waals surface area contributed by atoms with Gasteiger partial charge in [0.25, 0.3) is 10.2 Å². The van der Waals surface area contributed by atoms with Gasteiger partial charge in [-0.15, -0.1) is 0 Å². The number of unbranched alkanes of at least 4 members (excludes halogenated alkanes) is 1. The first-order chi connectivity index (χ1) is 17.2. The Morgan fingerprint density at radius 1 is 0.972 bits per heavy atom. The number of carbonyl (C=O) groups excluding carboxylic acids is 2. The molecule has 5 N–H and O–H groups in total. The number of carbonyl (C=O) groups is 2. The predicted molar refractivity (Wildman–Crippen MR) is 133 cm³/mol. The van der Waals surface area contributed by atoms with Crippen LogP contribution >= 0.6 is 0 Å². The summed E-state index contributed by atoms with van der Waals surface area (Å²) in [5.74, 6) is 0.529. The number of nitrogens with two attached hydrogens (primary N) is 1. The molecule has 12 nitrogen and oxygen atoms in total. The number of hydrogen-bond acceptors (Lipinski definition) is 8. The fourth-order valence-corrected chi connectivity index (χ4v) is 3.68. The summed E-state index contributed by atoms with van der Waals surface area (Å²) in [4.78, 5) is 25.5. The van der Waals surface area contributed by atoms with E-state index in [9.17, 15) is 18.0 Å². The second kappa shape index (κ2) is 14.1. The highest BCUT2D eigenvalue weighted by atomic mass is 32.2. The number of rotatable bonds is 14. The molecule has 0 bridgehead atoms. The van der Waals surface area contributed by atoms with E-state index in [4.69, 9.17) is 24.1 Å². The fraction of sp³-hybridized carbons (Fsp3) is 0.391. The van der Waals surface area contributed by atoms with E-state index in [1.807, 2.05) is 18.2 Å². The predicted octanol–water partition coefficient (Wildman–Crippen LogP) is 1.91. The van der Waals surface area contributed by atoms with E-state index in [0.29, 0.717) is 35.8 Å². The Kier molecular flexibility index (Phi) is 11.2. The van der Waals surface area contributed by atoms with Crippen LogP contribution < -0.4 is 34.7 Å². The molecule has 2 rings (SSSR count). The normalized spacial score (nSPS) is 11.8. The standard InChI is InChI=1S/C23H32N4O8S/c1-32-19-13-17(14-20(33-2)21(19)34-3)26-22(28)18(11-7-8-12-25-36(24,30)31)27-23(29)35-15-16-9-5-4-6-10-16/h4-6,9-10,13-14,18,25H,7-8,11-12,15H2,1-3H3,(H,26,28)(H,27,29)(H2,24,30,31)/t18-/m0/s1. The number of methoxy groups -OCH3 is 3. The number of benzene rings is 2. The van der Waals surface area contributed by atoms with Crippen molar-refractivity contribution in [2.24, 2.45) is 5.14 Å². The Hall–Kier alpha value is -3.55. The van der Waals surface area contributed by atoms with Gasteiger partial charge in [-0.05, 0) is 24.8 Å². The van der Waals surface area contributed by atoms with Crippen molar-refractivity contribution >= 4 is 27.9 Å². The summed E-state index contributed by atoms with van der Waals surface area (Å²) in [6, 6.07) is 11.2. The molecule has 0 radical (unpaired) electrons. The molecule has 198 valence electrons. The number of anilines is 1. The number of amides is 2. The van der Waals surface area contributed by atoms with Gasteiger partial charge in [0.2, 0.25) is 11.7 Å². The third kappa shape index (κ3) is 9.60. The molecule has 0 unspecified atom stereocenters. The van der Waals surface area contributed by atoms with Crippen LogP contribution in [0, 0.1) is 0 Å². The largest absolute Gasteiger partial charge is 0.493 e.